The van der Waals surface area contributed by atoms with Crippen molar-refractivity contribution >= 4 is 17.9 Å². The van der Waals surface area contributed by atoms with Crippen LogP contribution in [0.25, 0.3) is 0 Å². The number of carbonyl (C=O) groups is 3. The summed E-state index contributed by atoms with van der Waals surface area (Å²) in [4.78, 5) is 38.2. The van der Waals surface area contributed by atoms with Gasteiger partial charge in [-0.1, -0.05) is 285 Å². The molecular formula is C67H114O6. The van der Waals surface area contributed by atoms with Crippen molar-refractivity contribution in [3.63, 3.8) is 0 Å². The monoisotopic (exact) mass is 1010 g/mol. The molecule has 1 unspecified atom stereocenters. The van der Waals surface area contributed by atoms with E-state index in [1.807, 2.05) is 0 Å². The van der Waals surface area contributed by atoms with E-state index >= 15 is 0 Å². The topological polar surface area (TPSA) is 78.9 Å². The van der Waals surface area contributed by atoms with E-state index in [1.165, 1.54) is 128 Å². The summed E-state index contributed by atoms with van der Waals surface area (Å²) in [5, 5.41) is 0. The summed E-state index contributed by atoms with van der Waals surface area (Å²) in [5.41, 5.74) is 0. The Bertz CT molecular complexity index is 1440. The van der Waals surface area contributed by atoms with Gasteiger partial charge in [0.2, 0.25) is 0 Å². The Hall–Kier alpha value is -3.67. The van der Waals surface area contributed by atoms with Crippen LogP contribution >= 0.6 is 0 Å². The fourth-order valence-corrected chi connectivity index (χ4v) is 8.52. The number of esters is 3. The average Bonchev–Trinajstić information content (AvgIpc) is 3.39. The summed E-state index contributed by atoms with van der Waals surface area (Å²) in [6.07, 6.45) is 81.2. The normalized spacial score (nSPS) is 12.8. The van der Waals surface area contributed by atoms with Crippen LogP contribution in [0.1, 0.15) is 290 Å². The third kappa shape index (κ3) is 59.1. The van der Waals surface area contributed by atoms with Gasteiger partial charge in [-0.3, -0.25) is 14.4 Å². The van der Waals surface area contributed by atoms with Gasteiger partial charge in [-0.25, -0.2) is 0 Å². The van der Waals surface area contributed by atoms with Crippen LogP contribution in [0.3, 0.4) is 0 Å². The molecule has 0 bridgehead atoms. The van der Waals surface area contributed by atoms with Crippen molar-refractivity contribution in [2.75, 3.05) is 13.2 Å². The highest BCUT2D eigenvalue weighted by molar-refractivity contribution is 5.71. The number of carbonyl (C=O) groups excluding carboxylic acids is 3. The first-order chi connectivity index (χ1) is 36.0. The molecule has 0 radical (unpaired) electrons. The van der Waals surface area contributed by atoms with Gasteiger partial charge in [-0.15, -0.1) is 0 Å². The Labute approximate surface area is 451 Å². The first-order valence-electron chi connectivity index (χ1n) is 30.7. The van der Waals surface area contributed by atoms with Gasteiger partial charge in [0, 0.05) is 19.3 Å². The molecule has 0 saturated heterocycles. The molecule has 0 rings (SSSR count). The molecule has 0 N–H and O–H groups in total. The van der Waals surface area contributed by atoms with E-state index in [-0.39, 0.29) is 31.1 Å². The largest absolute Gasteiger partial charge is 0.462 e. The van der Waals surface area contributed by atoms with E-state index in [1.54, 1.807) is 0 Å². The highest BCUT2D eigenvalue weighted by Crippen LogP contribution is 2.16. The second kappa shape index (κ2) is 60.9. The lowest BCUT2D eigenvalue weighted by atomic mass is 10.0. The van der Waals surface area contributed by atoms with Crippen LogP contribution in [-0.4, -0.2) is 37.2 Å². The van der Waals surface area contributed by atoms with Crippen LogP contribution in [0.5, 0.6) is 0 Å². The van der Waals surface area contributed by atoms with Gasteiger partial charge in [-0.05, 0) is 83.5 Å². The molecule has 73 heavy (non-hydrogen) atoms. The Balaban J connectivity index is 4.32. The van der Waals surface area contributed by atoms with E-state index in [2.05, 4.69) is 118 Å². The fourth-order valence-electron chi connectivity index (χ4n) is 8.52. The van der Waals surface area contributed by atoms with Gasteiger partial charge in [0.05, 0.1) is 0 Å². The second-order valence-electron chi connectivity index (χ2n) is 20.2. The molecule has 0 aromatic carbocycles. The lowest BCUT2D eigenvalue weighted by molar-refractivity contribution is -0.167. The van der Waals surface area contributed by atoms with Crippen LogP contribution in [0.15, 0.2) is 97.2 Å². The SMILES string of the molecule is CC/C=C\C/C=C\C/C=C\C/C=C\C/C=C\C/C=C\C/C=C\C/C=C\CCCCCCC(=O)OCC(COC(=O)CCCCCCCCCCCCCCC)OC(=O)CCCCCCCCCCCCCCC. The number of ether oxygens (including phenoxy) is 3. The number of hydrogen-bond donors (Lipinski definition) is 0. The van der Waals surface area contributed by atoms with Crippen LogP contribution in [0.2, 0.25) is 0 Å². The lowest BCUT2D eigenvalue weighted by Gasteiger charge is -2.18. The van der Waals surface area contributed by atoms with Crippen molar-refractivity contribution in [1.82, 2.24) is 0 Å². The zero-order valence-corrected chi connectivity index (χ0v) is 47.9. The molecule has 418 valence electrons. The number of allylic oxidation sites excluding steroid dienone is 16. The first kappa shape index (κ1) is 69.3. The first-order valence-corrected chi connectivity index (χ1v) is 30.7. The number of hydrogen-bond acceptors (Lipinski definition) is 6. The molecule has 0 amide bonds. The van der Waals surface area contributed by atoms with Crippen molar-refractivity contribution in [3.05, 3.63) is 97.2 Å². The van der Waals surface area contributed by atoms with Gasteiger partial charge < -0.3 is 14.2 Å². The summed E-state index contributed by atoms with van der Waals surface area (Å²) < 4.78 is 16.9. The summed E-state index contributed by atoms with van der Waals surface area (Å²) in [7, 11) is 0. The molecule has 0 aliphatic rings. The second-order valence-corrected chi connectivity index (χ2v) is 20.2. The molecule has 0 fully saturated rings. The minimum Gasteiger partial charge on any atom is -0.462 e. The minimum atomic E-state index is -0.785. The summed E-state index contributed by atoms with van der Waals surface area (Å²) in [5.74, 6) is -0.899. The quantitative estimate of drug-likeness (QED) is 0.0261. The van der Waals surface area contributed by atoms with Gasteiger partial charge >= 0.3 is 17.9 Å². The zero-order valence-electron chi connectivity index (χ0n) is 47.9. The summed E-state index contributed by atoms with van der Waals surface area (Å²) in [6.45, 7) is 6.52. The Morgan fingerprint density at radius 2 is 0.534 bits per heavy atom. The molecule has 6 heteroatoms. The lowest BCUT2D eigenvalue weighted by Crippen LogP contribution is -2.30. The minimum absolute atomic E-state index is 0.0817. The van der Waals surface area contributed by atoms with Crippen molar-refractivity contribution in [1.29, 1.82) is 0 Å². The standard InChI is InChI=1S/C67H114O6/c1-4-7-10-13-16-19-22-25-26-27-28-29-30-31-32-33-34-35-36-37-38-39-40-43-45-48-51-54-57-60-66(69)72-63-64(73-67(70)61-58-55-52-49-46-42-24-21-18-15-12-9-6-3)62-71-65(68)59-56-53-50-47-44-41-23-20-17-14-11-8-5-2/h7,10,16,19,25-26,28-29,31-32,34-35,37-38,40,43,64H,4-6,8-9,11-15,17-18,20-24,27,30,33,36,39,41-42,44-63H2,1-3H3/b10-7-,19-16-,26-25-,29-28-,32-31-,35-34-,38-37-,43-40-. The van der Waals surface area contributed by atoms with Crippen LogP contribution in [0, 0.1) is 0 Å². The van der Waals surface area contributed by atoms with Crippen LogP contribution < -0.4 is 0 Å². The predicted molar refractivity (Wildman–Crippen MR) is 316 cm³/mol. The Morgan fingerprint density at radius 3 is 0.836 bits per heavy atom. The molecule has 1 atom stereocenters. The number of unbranched alkanes of at least 4 members (excludes halogenated alkanes) is 28. The number of rotatable bonds is 55. The van der Waals surface area contributed by atoms with E-state index in [4.69, 9.17) is 14.2 Å². The maximum atomic E-state index is 12.8. The molecule has 0 aromatic rings. The maximum Gasteiger partial charge on any atom is 0.306 e. The van der Waals surface area contributed by atoms with E-state index in [0.717, 1.165) is 122 Å². The van der Waals surface area contributed by atoms with Gasteiger partial charge in [0.1, 0.15) is 13.2 Å². The highest BCUT2D eigenvalue weighted by atomic mass is 16.6. The third-order valence-electron chi connectivity index (χ3n) is 13.1. The van der Waals surface area contributed by atoms with Gasteiger partial charge in [0.25, 0.3) is 0 Å². The zero-order chi connectivity index (χ0) is 52.9. The van der Waals surface area contributed by atoms with Crippen molar-refractivity contribution in [3.8, 4) is 0 Å². The van der Waals surface area contributed by atoms with Gasteiger partial charge in [0.15, 0.2) is 6.10 Å². The van der Waals surface area contributed by atoms with Crippen LogP contribution in [0.4, 0.5) is 0 Å². The average molecular weight is 1020 g/mol. The van der Waals surface area contributed by atoms with Crippen molar-refractivity contribution in [2.45, 2.75) is 297 Å². The molecule has 0 saturated carbocycles. The molecule has 0 aliphatic heterocycles. The van der Waals surface area contributed by atoms with Crippen molar-refractivity contribution in [2.24, 2.45) is 0 Å². The van der Waals surface area contributed by atoms with Gasteiger partial charge in [-0.2, -0.15) is 0 Å². The summed E-state index contributed by atoms with van der Waals surface area (Å²) >= 11 is 0. The highest BCUT2D eigenvalue weighted by Gasteiger charge is 2.19. The van der Waals surface area contributed by atoms with E-state index < -0.39 is 6.10 Å². The molecule has 0 aromatic heterocycles. The van der Waals surface area contributed by atoms with Crippen LogP contribution in [-0.2, 0) is 28.6 Å². The van der Waals surface area contributed by atoms with Crippen molar-refractivity contribution < 1.29 is 28.6 Å². The molecule has 0 heterocycles. The molecular weight excluding hydrogens is 901 g/mol. The Morgan fingerprint density at radius 1 is 0.288 bits per heavy atom. The predicted octanol–water partition coefficient (Wildman–Crippen LogP) is 20.9. The summed E-state index contributed by atoms with van der Waals surface area (Å²) in [6, 6.07) is 0. The van der Waals surface area contributed by atoms with E-state index in [0.29, 0.717) is 19.3 Å². The Kier molecular flexibility index (Phi) is 57.8. The fraction of sp³-hybridized carbons (Fsp3) is 0.716. The molecule has 0 aliphatic carbocycles. The third-order valence-corrected chi connectivity index (χ3v) is 13.1. The maximum absolute atomic E-state index is 12.8. The molecule has 6 nitrogen and oxygen atoms in total. The smallest absolute Gasteiger partial charge is 0.306 e. The van der Waals surface area contributed by atoms with E-state index in [9.17, 15) is 14.4 Å². The molecule has 0 spiro atoms.